The number of nitrogens with two attached hydrogens (primary N) is 1. The number of pyridine rings is 1. The molecule has 0 bridgehead atoms. The maximum Gasteiger partial charge on any atom is 0.191 e. The smallest absolute Gasteiger partial charge is 0.191 e. The van der Waals surface area contributed by atoms with E-state index in [0.717, 1.165) is 16.5 Å². The van der Waals surface area contributed by atoms with Gasteiger partial charge in [0, 0.05) is 29.5 Å². The standard InChI is InChI=1S/C14H17N5S/c15-12-10(2-1-7-16-12)8-20-14-18-17-13(9-3-4-9)19(14)11-5-6-11/h1-2,7,9,11H,3-6,8H2,(H2,15,16). The van der Waals surface area contributed by atoms with Crippen molar-refractivity contribution in [1.82, 2.24) is 19.7 Å². The summed E-state index contributed by atoms with van der Waals surface area (Å²) < 4.78 is 2.37. The summed E-state index contributed by atoms with van der Waals surface area (Å²) >= 11 is 1.72. The van der Waals surface area contributed by atoms with Crippen LogP contribution in [0.3, 0.4) is 0 Å². The van der Waals surface area contributed by atoms with Crippen LogP contribution in [0.25, 0.3) is 0 Å². The quantitative estimate of drug-likeness (QED) is 0.856. The fourth-order valence-electron chi connectivity index (χ4n) is 2.40. The number of nitrogens with zero attached hydrogens (tertiary/aromatic N) is 4. The Morgan fingerprint density at radius 1 is 1.25 bits per heavy atom. The van der Waals surface area contributed by atoms with Gasteiger partial charge in [-0.3, -0.25) is 0 Å². The number of rotatable bonds is 5. The lowest BCUT2D eigenvalue weighted by Crippen LogP contribution is -2.02. The van der Waals surface area contributed by atoms with Crippen molar-refractivity contribution in [2.45, 2.75) is 48.6 Å². The van der Waals surface area contributed by atoms with E-state index in [1.165, 1.54) is 31.5 Å². The maximum absolute atomic E-state index is 5.89. The van der Waals surface area contributed by atoms with Gasteiger partial charge < -0.3 is 10.3 Å². The monoisotopic (exact) mass is 287 g/mol. The Hall–Kier alpha value is -1.56. The maximum atomic E-state index is 5.89. The van der Waals surface area contributed by atoms with Crippen molar-refractivity contribution in [3.05, 3.63) is 29.7 Å². The fraction of sp³-hybridized carbons (Fsp3) is 0.500. The van der Waals surface area contributed by atoms with E-state index in [-0.39, 0.29) is 0 Å². The first-order valence-electron chi connectivity index (χ1n) is 7.10. The van der Waals surface area contributed by atoms with Gasteiger partial charge in [-0.1, -0.05) is 17.8 Å². The molecule has 0 aliphatic heterocycles. The Kier molecular flexibility index (Phi) is 2.91. The van der Waals surface area contributed by atoms with Crippen molar-refractivity contribution >= 4 is 17.6 Å². The molecule has 0 atom stereocenters. The summed E-state index contributed by atoms with van der Waals surface area (Å²) in [5.74, 6) is 3.27. The number of nitrogen functional groups attached to an aromatic ring is 1. The van der Waals surface area contributed by atoms with E-state index < -0.39 is 0 Å². The van der Waals surface area contributed by atoms with Crippen molar-refractivity contribution in [1.29, 1.82) is 0 Å². The van der Waals surface area contributed by atoms with Crippen LogP contribution in [0.5, 0.6) is 0 Å². The number of thioether (sulfide) groups is 1. The van der Waals surface area contributed by atoms with E-state index in [1.807, 2.05) is 12.1 Å². The molecule has 2 aliphatic rings. The normalized spacial score (nSPS) is 18.4. The highest BCUT2D eigenvalue weighted by Gasteiger charge is 2.36. The molecule has 20 heavy (non-hydrogen) atoms. The van der Waals surface area contributed by atoms with Gasteiger partial charge in [0.15, 0.2) is 5.16 Å². The molecule has 0 spiro atoms. The molecule has 104 valence electrons. The lowest BCUT2D eigenvalue weighted by Gasteiger charge is -2.08. The van der Waals surface area contributed by atoms with E-state index in [0.29, 0.717) is 17.8 Å². The van der Waals surface area contributed by atoms with Gasteiger partial charge in [0.2, 0.25) is 0 Å². The van der Waals surface area contributed by atoms with Gasteiger partial charge in [0.05, 0.1) is 0 Å². The van der Waals surface area contributed by atoms with Crippen LogP contribution in [0.2, 0.25) is 0 Å². The second-order valence-electron chi connectivity index (χ2n) is 5.55. The summed E-state index contributed by atoms with van der Waals surface area (Å²) in [5.41, 5.74) is 6.96. The third-order valence-electron chi connectivity index (χ3n) is 3.83. The fourth-order valence-corrected chi connectivity index (χ4v) is 3.41. The zero-order valence-corrected chi connectivity index (χ0v) is 12.0. The highest BCUT2D eigenvalue weighted by atomic mass is 32.2. The molecule has 0 radical (unpaired) electrons. The van der Waals surface area contributed by atoms with Crippen molar-refractivity contribution in [3.8, 4) is 0 Å². The summed E-state index contributed by atoms with van der Waals surface area (Å²) in [4.78, 5) is 4.13. The average molecular weight is 287 g/mol. The summed E-state index contributed by atoms with van der Waals surface area (Å²) in [6, 6.07) is 4.58. The molecule has 2 N–H and O–H groups in total. The van der Waals surface area contributed by atoms with Crippen molar-refractivity contribution in [3.63, 3.8) is 0 Å². The minimum atomic E-state index is 0.611. The van der Waals surface area contributed by atoms with Gasteiger partial charge >= 0.3 is 0 Å². The second-order valence-corrected chi connectivity index (χ2v) is 6.50. The van der Waals surface area contributed by atoms with Gasteiger partial charge in [0.1, 0.15) is 11.6 Å². The summed E-state index contributed by atoms with van der Waals surface area (Å²) in [6.07, 6.45) is 6.79. The van der Waals surface area contributed by atoms with Crippen LogP contribution < -0.4 is 5.73 Å². The minimum Gasteiger partial charge on any atom is -0.383 e. The first-order chi connectivity index (χ1) is 9.83. The van der Waals surface area contributed by atoms with Crippen molar-refractivity contribution in [2.75, 3.05) is 5.73 Å². The Bertz CT molecular complexity index is 630. The predicted octanol–water partition coefficient (Wildman–Crippen LogP) is 2.76. The zero-order valence-electron chi connectivity index (χ0n) is 11.2. The SMILES string of the molecule is Nc1ncccc1CSc1nnc(C2CC2)n1C1CC1. The van der Waals surface area contributed by atoms with E-state index in [2.05, 4.69) is 19.7 Å². The van der Waals surface area contributed by atoms with Crippen molar-refractivity contribution in [2.24, 2.45) is 0 Å². The number of hydrogen-bond donors (Lipinski definition) is 1. The highest BCUT2D eigenvalue weighted by molar-refractivity contribution is 7.98. The number of aromatic nitrogens is 4. The summed E-state index contributed by atoms with van der Waals surface area (Å²) in [5, 5.41) is 9.86. The zero-order chi connectivity index (χ0) is 13.5. The van der Waals surface area contributed by atoms with Gasteiger partial charge in [-0.25, -0.2) is 4.98 Å². The van der Waals surface area contributed by atoms with E-state index >= 15 is 0 Å². The number of anilines is 1. The summed E-state index contributed by atoms with van der Waals surface area (Å²) in [6.45, 7) is 0. The second kappa shape index (κ2) is 4.77. The topological polar surface area (TPSA) is 69.6 Å². The molecule has 2 fully saturated rings. The van der Waals surface area contributed by atoms with Gasteiger partial charge in [-0.15, -0.1) is 10.2 Å². The van der Waals surface area contributed by atoms with Crippen LogP contribution in [0.1, 0.15) is 49.0 Å². The molecule has 2 heterocycles. The third-order valence-corrected chi connectivity index (χ3v) is 4.82. The highest BCUT2D eigenvalue weighted by Crippen LogP contribution is 2.46. The molecule has 5 nitrogen and oxygen atoms in total. The molecule has 0 aromatic carbocycles. The van der Waals surface area contributed by atoms with Crippen LogP contribution in [-0.2, 0) is 5.75 Å². The third kappa shape index (κ3) is 2.28. The van der Waals surface area contributed by atoms with Crippen LogP contribution in [0.4, 0.5) is 5.82 Å². The summed E-state index contributed by atoms with van der Waals surface area (Å²) in [7, 11) is 0. The Morgan fingerprint density at radius 2 is 2.10 bits per heavy atom. The lowest BCUT2D eigenvalue weighted by molar-refractivity contribution is 0.627. The van der Waals surface area contributed by atoms with Gasteiger partial charge in [0.25, 0.3) is 0 Å². The molecule has 2 aromatic heterocycles. The molecule has 2 aromatic rings. The molecule has 4 rings (SSSR count). The lowest BCUT2D eigenvalue weighted by atomic mass is 10.3. The predicted molar refractivity (Wildman–Crippen MR) is 78.5 cm³/mol. The Morgan fingerprint density at radius 3 is 2.80 bits per heavy atom. The largest absolute Gasteiger partial charge is 0.383 e. The Labute approximate surface area is 122 Å². The van der Waals surface area contributed by atoms with Crippen LogP contribution in [0, 0.1) is 0 Å². The van der Waals surface area contributed by atoms with E-state index in [1.54, 1.807) is 18.0 Å². The first kappa shape index (κ1) is 12.2. The number of hydrogen-bond acceptors (Lipinski definition) is 5. The molecule has 0 unspecified atom stereocenters. The molecule has 6 heteroatoms. The van der Waals surface area contributed by atoms with Crippen LogP contribution in [0.15, 0.2) is 23.5 Å². The van der Waals surface area contributed by atoms with Crippen LogP contribution in [-0.4, -0.2) is 19.7 Å². The molecular formula is C14H17N5S. The van der Waals surface area contributed by atoms with Gasteiger partial charge in [-0.05, 0) is 31.7 Å². The van der Waals surface area contributed by atoms with Gasteiger partial charge in [-0.2, -0.15) is 0 Å². The van der Waals surface area contributed by atoms with E-state index in [9.17, 15) is 0 Å². The van der Waals surface area contributed by atoms with Crippen molar-refractivity contribution < 1.29 is 0 Å². The molecular weight excluding hydrogens is 270 g/mol. The Balaban J connectivity index is 1.55. The van der Waals surface area contributed by atoms with E-state index in [4.69, 9.17) is 5.73 Å². The first-order valence-corrected chi connectivity index (χ1v) is 8.08. The minimum absolute atomic E-state index is 0.611. The molecule has 0 saturated heterocycles. The van der Waals surface area contributed by atoms with Crippen LogP contribution >= 0.6 is 11.8 Å². The molecule has 0 amide bonds. The molecule has 2 saturated carbocycles. The molecule has 2 aliphatic carbocycles. The average Bonchev–Trinajstić information content (AvgIpc) is 3.37.